The maximum absolute atomic E-state index is 5.67. The maximum atomic E-state index is 5.67. The van der Waals surface area contributed by atoms with Gasteiger partial charge in [-0.1, -0.05) is 24.3 Å². The van der Waals surface area contributed by atoms with Crippen molar-refractivity contribution in [3.05, 3.63) is 59.9 Å². The summed E-state index contributed by atoms with van der Waals surface area (Å²) in [6.45, 7) is 2.85. The summed E-state index contributed by atoms with van der Waals surface area (Å²) >= 11 is 0. The number of fused-ring (bicyclic) bond motifs is 1. The summed E-state index contributed by atoms with van der Waals surface area (Å²) in [7, 11) is 0. The van der Waals surface area contributed by atoms with Gasteiger partial charge in [-0.3, -0.25) is 4.98 Å². The monoisotopic (exact) mass is 240 g/mol. The van der Waals surface area contributed by atoms with Crippen LogP contribution in [0.4, 0.5) is 0 Å². The Morgan fingerprint density at radius 3 is 3.00 bits per heavy atom. The first-order chi connectivity index (χ1) is 8.84. The number of aromatic nitrogens is 1. The van der Waals surface area contributed by atoms with Crippen molar-refractivity contribution in [2.24, 2.45) is 0 Å². The van der Waals surface area contributed by atoms with Crippen molar-refractivity contribution in [1.82, 2.24) is 10.3 Å². The quantitative estimate of drug-likeness (QED) is 0.895. The van der Waals surface area contributed by atoms with Gasteiger partial charge in [-0.05, 0) is 24.6 Å². The highest BCUT2D eigenvalue weighted by Gasteiger charge is 2.24. The fourth-order valence-electron chi connectivity index (χ4n) is 2.33. The predicted octanol–water partition coefficient (Wildman–Crippen LogP) is 2.87. The van der Waals surface area contributed by atoms with Crippen LogP contribution in [-0.2, 0) is 0 Å². The molecule has 18 heavy (non-hydrogen) atoms. The van der Waals surface area contributed by atoms with Crippen LogP contribution in [0.15, 0.2) is 48.8 Å². The van der Waals surface area contributed by atoms with Gasteiger partial charge in [0.25, 0.3) is 0 Å². The van der Waals surface area contributed by atoms with E-state index in [1.54, 1.807) is 6.20 Å². The van der Waals surface area contributed by atoms with Crippen LogP contribution in [0, 0.1) is 0 Å². The fraction of sp³-hybridized carbons (Fsp3) is 0.267. The SMILES string of the molecule is CC(NC1COc2ccccc21)c1cccnc1. The van der Waals surface area contributed by atoms with Gasteiger partial charge in [-0.2, -0.15) is 0 Å². The van der Waals surface area contributed by atoms with Crippen molar-refractivity contribution in [3.63, 3.8) is 0 Å². The van der Waals surface area contributed by atoms with Crippen molar-refractivity contribution in [1.29, 1.82) is 0 Å². The second-order valence-electron chi connectivity index (χ2n) is 4.58. The molecule has 3 nitrogen and oxygen atoms in total. The topological polar surface area (TPSA) is 34.1 Å². The summed E-state index contributed by atoms with van der Waals surface area (Å²) in [5, 5.41) is 3.59. The summed E-state index contributed by atoms with van der Waals surface area (Å²) in [4.78, 5) is 4.15. The van der Waals surface area contributed by atoms with E-state index in [2.05, 4.69) is 35.4 Å². The third-order valence-corrected chi connectivity index (χ3v) is 3.34. The molecule has 3 rings (SSSR count). The van der Waals surface area contributed by atoms with Crippen molar-refractivity contribution in [2.45, 2.75) is 19.0 Å². The summed E-state index contributed by atoms with van der Waals surface area (Å²) in [5.74, 6) is 0.994. The first kappa shape index (κ1) is 11.2. The average molecular weight is 240 g/mol. The van der Waals surface area contributed by atoms with Crippen LogP contribution in [0.5, 0.6) is 5.75 Å². The van der Waals surface area contributed by atoms with Gasteiger partial charge in [0.05, 0.1) is 6.04 Å². The third kappa shape index (κ3) is 2.09. The van der Waals surface area contributed by atoms with E-state index in [0.717, 1.165) is 5.75 Å². The lowest BCUT2D eigenvalue weighted by molar-refractivity contribution is 0.301. The minimum Gasteiger partial charge on any atom is -0.491 e. The molecule has 0 saturated carbocycles. The van der Waals surface area contributed by atoms with E-state index in [1.165, 1.54) is 11.1 Å². The molecule has 2 aromatic rings. The molecule has 2 atom stereocenters. The summed E-state index contributed by atoms with van der Waals surface area (Å²) < 4.78 is 5.67. The van der Waals surface area contributed by atoms with Gasteiger partial charge < -0.3 is 10.1 Å². The molecule has 0 amide bonds. The van der Waals surface area contributed by atoms with Crippen molar-refractivity contribution < 1.29 is 4.74 Å². The van der Waals surface area contributed by atoms with E-state index in [9.17, 15) is 0 Å². The average Bonchev–Trinajstić information content (AvgIpc) is 2.83. The molecule has 0 spiro atoms. The van der Waals surface area contributed by atoms with Gasteiger partial charge in [0.2, 0.25) is 0 Å². The molecule has 0 radical (unpaired) electrons. The third-order valence-electron chi connectivity index (χ3n) is 3.34. The van der Waals surface area contributed by atoms with Gasteiger partial charge in [-0.25, -0.2) is 0 Å². The second-order valence-corrected chi connectivity index (χ2v) is 4.58. The lowest BCUT2D eigenvalue weighted by Crippen LogP contribution is -2.25. The molecule has 3 heteroatoms. The van der Waals surface area contributed by atoms with Crippen LogP contribution in [0.1, 0.15) is 30.1 Å². The number of hydrogen-bond acceptors (Lipinski definition) is 3. The van der Waals surface area contributed by atoms with E-state index in [4.69, 9.17) is 4.74 Å². The maximum Gasteiger partial charge on any atom is 0.124 e. The molecule has 1 aromatic carbocycles. The number of hydrogen-bond donors (Lipinski definition) is 1. The number of rotatable bonds is 3. The number of benzene rings is 1. The molecular weight excluding hydrogens is 224 g/mol. The van der Waals surface area contributed by atoms with E-state index in [-0.39, 0.29) is 12.1 Å². The summed E-state index contributed by atoms with van der Waals surface area (Å²) in [5.41, 5.74) is 2.44. The summed E-state index contributed by atoms with van der Waals surface area (Å²) in [6, 6.07) is 12.8. The highest BCUT2D eigenvalue weighted by Crippen LogP contribution is 2.33. The molecule has 1 aliphatic rings. The Morgan fingerprint density at radius 2 is 2.17 bits per heavy atom. The molecule has 0 fully saturated rings. The van der Waals surface area contributed by atoms with Crippen LogP contribution >= 0.6 is 0 Å². The normalized spacial score (nSPS) is 19.1. The van der Waals surface area contributed by atoms with Crippen molar-refractivity contribution in [2.75, 3.05) is 6.61 Å². The Morgan fingerprint density at radius 1 is 1.28 bits per heavy atom. The number of para-hydroxylation sites is 1. The summed E-state index contributed by atoms with van der Waals surface area (Å²) in [6.07, 6.45) is 3.70. The molecule has 0 aliphatic carbocycles. The first-order valence-corrected chi connectivity index (χ1v) is 6.22. The fourth-order valence-corrected chi connectivity index (χ4v) is 2.33. The lowest BCUT2D eigenvalue weighted by atomic mass is 10.1. The molecule has 0 saturated heterocycles. The van der Waals surface area contributed by atoms with Crippen LogP contribution in [0.3, 0.4) is 0 Å². The Balaban J connectivity index is 1.75. The van der Waals surface area contributed by atoms with Gasteiger partial charge >= 0.3 is 0 Å². The number of nitrogens with one attached hydrogen (secondary N) is 1. The van der Waals surface area contributed by atoms with E-state index < -0.39 is 0 Å². The largest absolute Gasteiger partial charge is 0.491 e. The zero-order chi connectivity index (χ0) is 12.4. The highest BCUT2D eigenvalue weighted by molar-refractivity contribution is 5.39. The Labute approximate surface area is 107 Å². The minimum atomic E-state index is 0.261. The van der Waals surface area contributed by atoms with Gasteiger partial charge in [0.15, 0.2) is 0 Å². The predicted molar refractivity (Wildman–Crippen MR) is 70.5 cm³/mol. The Hall–Kier alpha value is -1.87. The van der Waals surface area contributed by atoms with E-state index >= 15 is 0 Å². The molecule has 2 heterocycles. The molecular formula is C15H16N2O. The number of pyridine rings is 1. The Bertz CT molecular complexity index is 527. The molecule has 0 bridgehead atoms. The Kier molecular flexibility index (Phi) is 2.99. The lowest BCUT2D eigenvalue weighted by Gasteiger charge is -2.18. The van der Waals surface area contributed by atoms with Crippen molar-refractivity contribution >= 4 is 0 Å². The van der Waals surface area contributed by atoms with Crippen LogP contribution < -0.4 is 10.1 Å². The molecule has 1 N–H and O–H groups in total. The zero-order valence-electron chi connectivity index (χ0n) is 10.3. The van der Waals surface area contributed by atoms with Crippen LogP contribution in [0.2, 0.25) is 0 Å². The van der Waals surface area contributed by atoms with Crippen LogP contribution in [-0.4, -0.2) is 11.6 Å². The van der Waals surface area contributed by atoms with E-state index in [1.807, 2.05) is 24.4 Å². The van der Waals surface area contributed by atoms with Gasteiger partial charge in [0.1, 0.15) is 12.4 Å². The minimum absolute atomic E-state index is 0.261. The highest BCUT2D eigenvalue weighted by atomic mass is 16.5. The first-order valence-electron chi connectivity index (χ1n) is 6.22. The zero-order valence-corrected chi connectivity index (χ0v) is 10.3. The van der Waals surface area contributed by atoms with E-state index in [0.29, 0.717) is 6.61 Å². The molecule has 92 valence electrons. The standard InChI is InChI=1S/C15H16N2O/c1-11(12-5-4-8-16-9-12)17-14-10-18-15-7-3-2-6-13(14)15/h2-9,11,14,17H,10H2,1H3. The smallest absolute Gasteiger partial charge is 0.124 e. The van der Waals surface area contributed by atoms with Crippen molar-refractivity contribution in [3.8, 4) is 5.75 Å². The molecule has 1 aromatic heterocycles. The molecule has 1 aliphatic heterocycles. The van der Waals surface area contributed by atoms with Gasteiger partial charge in [-0.15, -0.1) is 0 Å². The number of nitrogens with zero attached hydrogens (tertiary/aromatic N) is 1. The number of ether oxygens (including phenoxy) is 1. The molecule has 2 unspecified atom stereocenters. The second kappa shape index (κ2) is 4.78. The van der Waals surface area contributed by atoms with Gasteiger partial charge in [0, 0.05) is 24.0 Å². The van der Waals surface area contributed by atoms with Crippen LogP contribution in [0.25, 0.3) is 0 Å².